The van der Waals surface area contributed by atoms with Gasteiger partial charge >= 0.3 is 0 Å². The average Bonchev–Trinajstić information content (AvgIpc) is 2.16. The number of benzene rings is 1. The van der Waals surface area contributed by atoms with Gasteiger partial charge in [-0.3, -0.25) is 0 Å². The van der Waals surface area contributed by atoms with Gasteiger partial charge in [0, 0.05) is 0 Å². The third-order valence-electron chi connectivity index (χ3n) is 2.31. The first-order valence-corrected chi connectivity index (χ1v) is 4.83. The van der Waals surface area contributed by atoms with Gasteiger partial charge < -0.3 is 11.5 Å². The van der Waals surface area contributed by atoms with Crippen molar-refractivity contribution in [2.75, 3.05) is 0 Å². The second kappa shape index (κ2) is 4.65. The SMILES string of the molecule is CCC(C)c1cccc(N=C(N)N)c1. The molecule has 0 radical (unpaired) electrons. The molecule has 0 aliphatic heterocycles. The molecule has 1 atom stereocenters. The molecule has 4 N–H and O–H groups in total. The van der Waals surface area contributed by atoms with Gasteiger partial charge in [0.05, 0.1) is 5.69 Å². The van der Waals surface area contributed by atoms with E-state index in [4.69, 9.17) is 11.5 Å². The fourth-order valence-corrected chi connectivity index (χ4v) is 1.29. The summed E-state index contributed by atoms with van der Waals surface area (Å²) < 4.78 is 0. The van der Waals surface area contributed by atoms with Crippen molar-refractivity contribution < 1.29 is 0 Å². The van der Waals surface area contributed by atoms with Crippen molar-refractivity contribution in [3.8, 4) is 0 Å². The minimum Gasteiger partial charge on any atom is -0.370 e. The summed E-state index contributed by atoms with van der Waals surface area (Å²) in [5.41, 5.74) is 12.7. The number of hydrogen-bond donors (Lipinski definition) is 2. The van der Waals surface area contributed by atoms with E-state index in [0.717, 1.165) is 12.1 Å². The van der Waals surface area contributed by atoms with E-state index >= 15 is 0 Å². The molecule has 0 saturated carbocycles. The second-order valence-electron chi connectivity index (χ2n) is 3.44. The number of aliphatic imine (C=N–C) groups is 1. The number of nitrogens with two attached hydrogens (primary N) is 2. The van der Waals surface area contributed by atoms with E-state index in [1.54, 1.807) is 0 Å². The Morgan fingerprint density at radius 3 is 2.71 bits per heavy atom. The highest BCUT2D eigenvalue weighted by molar-refractivity contribution is 5.79. The van der Waals surface area contributed by atoms with Gasteiger partial charge in [-0.25, -0.2) is 4.99 Å². The maximum atomic E-state index is 5.31. The van der Waals surface area contributed by atoms with E-state index < -0.39 is 0 Å². The van der Waals surface area contributed by atoms with Crippen molar-refractivity contribution in [1.29, 1.82) is 0 Å². The van der Waals surface area contributed by atoms with Crippen LogP contribution in [0.5, 0.6) is 0 Å². The lowest BCUT2D eigenvalue weighted by Gasteiger charge is -2.08. The molecule has 0 aliphatic rings. The summed E-state index contributed by atoms with van der Waals surface area (Å²) in [5.74, 6) is 0.649. The first-order chi connectivity index (χ1) is 6.63. The zero-order valence-corrected chi connectivity index (χ0v) is 8.70. The van der Waals surface area contributed by atoms with Crippen molar-refractivity contribution in [2.24, 2.45) is 16.5 Å². The predicted molar refractivity (Wildman–Crippen MR) is 60.6 cm³/mol. The summed E-state index contributed by atoms with van der Waals surface area (Å²) in [4.78, 5) is 4.01. The van der Waals surface area contributed by atoms with Crippen molar-refractivity contribution >= 4 is 11.6 Å². The summed E-state index contributed by atoms with van der Waals surface area (Å²) >= 11 is 0. The summed E-state index contributed by atoms with van der Waals surface area (Å²) in [7, 11) is 0. The van der Waals surface area contributed by atoms with Crippen LogP contribution in [0.3, 0.4) is 0 Å². The molecule has 14 heavy (non-hydrogen) atoms. The van der Waals surface area contributed by atoms with Gasteiger partial charge in [-0.05, 0) is 30.0 Å². The largest absolute Gasteiger partial charge is 0.370 e. The Morgan fingerprint density at radius 2 is 2.14 bits per heavy atom. The summed E-state index contributed by atoms with van der Waals surface area (Å²) in [6.45, 7) is 4.35. The highest BCUT2D eigenvalue weighted by atomic mass is 15.0. The van der Waals surface area contributed by atoms with Crippen LogP contribution in [0, 0.1) is 0 Å². The van der Waals surface area contributed by atoms with E-state index in [1.807, 2.05) is 18.2 Å². The van der Waals surface area contributed by atoms with Crippen LogP contribution < -0.4 is 11.5 Å². The first kappa shape index (κ1) is 10.6. The molecule has 1 unspecified atom stereocenters. The Labute approximate surface area is 84.8 Å². The van der Waals surface area contributed by atoms with Gasteiger partial charge in [0.15, 0.2) is 5.96 Å². The zero-order chi connectivity index (χ0) is 10.6. The highest BCUT2D eigenvalue weighted by Crippen LogP contribution is 2.22. The third kappa shape index (κ3) is 2.76. The first-order valence-electron chi connectivity index (χ1n) is 4.83. The molecule has 3 heteroatoms. The quantitative estimate of drug-likeness (QED) is 0.567. The lowest BCUT2D eigenvalue weighted by molar-refractivity contribution is 0.734. The molecular formula is C11H17N3. The summed E-state index contributed by atoms with van der Waals surface area (Å²) in [5, 5.41) is 0. The van der Waals surface area contributed by atoms with Gasteiger partial charge in [0.25, 0.3) is 0 Å². The van der Waals surface area contributed by atoms with Gasteiger partial charge in [0.1, 0.15) is 0 Å². The molecule has 1 rings (SSSR count). The molecule has 0 saturated heterocycles. The van der Waals surface area contributed by atoms with Crippen LogP contribution >= 0.6 is 0 Å². The summed E-state index contributed by atoms with van der Waals surface area (Å²) in [6, 6.07) is 7.99. The number of nitrogens with zero attached hydrogens (tertiary/aromatic N) is 1. The zero-order valence-electron chi connectivity index (χ0n) is 8.70. The van der Waals surface area contributed by atoms with E-state index in [1.165, 1.54) is 5.56 Å². The van der Waals surface area contributed by atoms with Crippen molar-refractivity contribution in [3.05, 3.63) is 29.8 Å². The van der Waals surface area contributed by atoms with Crippen molar-refractivity contribution in [3.63, 3.8) is 0 Å². The molecule has 3 nitrogen and oxygen atoms in total. The van der Waals surface area contributed by atoms with Crippen molar-refractivity contribution in [2.45, 2.75) is 26.2 Å². The molecule has 0 bridgehead atoms. The molecule has 0 aromatic heterocycles. The maximum absolute atomic E-state index is 5.31. The minimum atomic E-state index is 0.103. The maximum Gasteiger partial charge on any atom is 0.191 e. The van der Waals surface area contributed by atoms with Gasteiger partial charge in [-0.2, -0.15) is 0 Å². The predicted octanol–water partition coefficient (Wildman–Crippen LogP) is 2.10. The lowest BCUT2D eigenvalue weighted by atomic mass is 9.98. The van der Waals surface area contributed by atoms with Crippen LogP contribution in [-0.2, 0) is 0 Å². The Balaban J connectivity index is 2.95. The van der Waals surface area contributed by atoms with E-state index in [9.17, 15) is 0 Å². The molecule has 0 spiro atoms. The molecule has 1 aromatic carbocycles. The van der Waals surface area contributed by atoms with E-state index in [-0.39, 0.29) is 5.96 Å². The Kier molecular flexibility index (Phi) is 3.51. The van der Waals surface area contributed by atoms with Gasteiger partial charge in [-0.1, -0.05) is 26.0 Å². The second-order valence-corrected chi connectivity index (χ2v) is 3.44. The minimum absolute atomic E-state index is 0.103. The molecule has 0 heterocycles. The van der Waals surface area contributed by atoms with Crippen LogP contribution in [0.2, 0.25) is 0 Å². The van der Waals surface area contributed by atoms with E-state index in [2.05, 4.69) is 24.9 Å². The molecule has 1 aromatic rings. The Hall–Kier alpha value is -1.51. The molecule has 0 aliphatic carbocycles. The fraction of sp³-hybridized carbons (Fsp3) is 0.364. The fourth-order valence-electron chi connectivity index (χ4n) is 1.29. The average molecular weight is 191 g/mol. The van der Waals surface area contributed by atoms with Crippen LogP contribution in [0.1, 0.15) is 31.7 Å². The molecular weight excluding hydrogens is 174 g/mol. The van der Waals surface area contributed by atoms with Gasteiger partial charge in [-0.15, -0.1) is 0 Å². The van der Waals surface area contributed by atoms with E-state index in [0.29, 0.717) is 5.92 Å². The van der Waals surface area contributed by atoms with Crippen LogP contribution in [-0.4, -0.2) is 5.96 Å². The van der Waals surface area contributed by atoms with Crippen molar-refractivity contribution in [1.82, 2.24) is 0 Å². The molecule has 0 fully saturated rings. The highest BCUT2D eigenvalue weighted by Gasteiger charge is 2.02. The normalized spacial score (nSPS) is 12.1. The topological polar surface area (TPSA) is 64.4 Å². The third-order valence-corrected chi connectivity index (χ3v) is 2.31. The standard InChI is InChI=1S/C11H17N3/c1-3-8(2)9-5-4-6-10(7-9)14-11(12)13/h4-8H,3H2,1-2H3,(H4,12,13,14). The number of guanidine groups is 1. The summed E-state index contributed by atoms with van der Waals surface area (Å²) in [6.07, 6.45) is 1.12. The van der Waals surface area contributed by atoms with Crippen LogP contribution in [0.15, 0.2) is 29.3 Å². The molecule has 76 valence electrons. The Bertz CT molecular complexity index is 327. The number of hydrogen-bond acceptors (Lipinski definition) is 1. The lowest BCUT2D eigenvalue weighted by Crippen LogP contribution is -2.21. The number of rotatable bonds is 3. The monoisotopic (exact) mass is 191 g/mol. The van der Waals surface area contributed by atoms with Crippen LogP contribution in [0.4, 0.5) is 5.69 Å². The van der Waals surface area contributed by atoms with Crippen LogP contribution in [0.25, 0.3) is 0 Å². The van der Waals surface area contributed by atoms with Gasteiger partial charge in [0.2, 0.25) is 0 Å². The molecule has 0 amide bonds. The smallest absolute Gasteiger partial charge is 0.191 e. The Morgan fingerprint density at radius 1 is 1.43 bits per heavy atom.